The van der Waals surface area contributed by atoms with Crippen molar-refractivity contribution in [2.24, 2.45) is 5.73 Å². The first-order valence-corrected chi connectivity index (χ1v) is 6.50. The monoisotopic (exact) mass is 247 g/mol. The van der Waals surface area contributed by atoms with E-state index in [0.29, 0.717) is 6.54 Å². The van der Waals surface area contributed by atoms with Crippen molar-refractivity contribution in [3.8, 4) is 0 Å². The van der Waals surface area contributed by atoms with Gasteiger partial charge in [0.1, 0.15) is 0 Å². The van der Waals surface area contributed by atoms with Gasteiger partial charge in [-0.2, -0.15) is 0 Å². The first-order chi connectivity index (χ1) is 8.36. The Kier molecular flexibility index (Phi) is 3.54. The Morgan fingerprint density at radius 1 is 1.00 bits per heavy atom. The SMILES string of the molecule is CC1(C)OB(c2ccc(CCN)cc2)OC1(C)C. The van der Waals surface area contributed by atoms with Crippen molar-refractivity contribution in [2.75, 3.05) is 6.54 Å². The number of hydrogen-bond donors (Lipinski definition) is 1. The topological polar surface area (TPSA) is 44.5 Å². The van der Waals surface area contributed by atoms with Crippen molar-refractivity contribution < 1.29 is 9.31 Å². The maximum atomic E-state index is 6.00. The first kappa shape index (κ1) is 13.6. The maximum Gasteiger partial charge on any atom is 0.494 e. The van der Waals surface area contributed by atoms with Crippen LogP contribution in [0.25, 0.3) is 0 Å². The smallest absolute Gasteiger partial charge is 0.399 e. The van der Waals surface area contributed by atoms with E-state index in [1.54, 1.807) is 0 Å². The minimum Gasteiger partial charge on any atom is -0.399 e. The second kappa shape index (κ2) is 4.69. The van der Waals surface area contributed by atoms with Crippen molar-refractivity contribution in [1.82, 2.24) is 0 Å². The molecule has 1 aromatic rings. The zero-order valence-corrected chi connectivity index (χ0v) is 11.7. The highest BCUT2D eigenvalue weighted by molar-refractivity contribution is 6.62. The van der Waals surface area contributed by atoms with E-state index in [9.17, 15) is 0 Å². The lowest BCUT2D eigenvalue weighted by molar-refractivity contribution is 0.00578. The van der Waals surface area contributed by atoms with Crippen molar-refractivity contribution in [1.29, 1.82) is 0 Å². The third-order valence-electron chi connectivity index (χ3n) is 3.94. The highest BCUT2D eigenvalue weighted by atomic mass is 16.7. The van der Waals surface area contributed by atoms with E-state index in [1.165, 1.54) is 5.56 Å². The molecule has 2 N–H and O–H groups in total. The van der Waals surface area contributed by atoms with Crippen molar-refractivity contribution in [2.45, 2.75) is 45.3 Å². The Bertz CT molecular complexity index is 398. The molecule has 0 unspecified atom stereocenters. The molecule has 1 aromatic carbocycles. The van der Waals surface area contributed by atoms with Crippen LogP contribution in [-0.4, -0.2) is 24.9 Å². The Balaban J connectivity index is 2.14. The lowest BCUT2D eigenvalue weighted by atomic mass is 9.79. The zero-order chi connectivity index (χ0) is 13.4. The molecule has 1 saturated heterocycles. The van der Waals surface area contributed by atoms with Crippen LogP contribution in [0, 0.1) is 0 Å². The Morgan fingerprint density at radius 2 is 1.50 bits per heavy atom. The number of hydrogen-bond acceptors (Lipinski definition) is 3. The molecule has 98 valence electrons. The van der Waals surface area contributed by atoms with Gasteiger partial charge in [-0.3, -0.25) is 0 Å². The molecule has 1 aliphatic rings. The summed E-state index contributed by atoms with van der Waals surface area (Å²) in [6.45, 7) is 8.94. The largest absolute Gasteiger partial charge is 0.494 e. The minimum absolute atomic E-state index is 0.276. The van der Waals surface area contributed by atoms with E-state index in [4.69, 9.17) is 15.0 Å². The molecule has 2 rings (SSSR count). The van der Waals surface area contributed by atoms with Crippen LogP contribution < -0.4 is 11.2 Å². The summed E-state index contributed by atoms with van der Waals surface area (Å²) in [7, 11) is -0.276. The average Bonchev–Trinajstić information content (AvgIpc) is 2.50. The van der Waals surface area contributed by atoms with Crippen LogP contribution in [0.4, 0.5) is 0 Å². The van der Waals surface area contributed by atoms with Gasteiger partial charge in [-0.05, 0) is 51.7 Å². The van der Waals surface area contributed by atoms with E-state index < -0.39 is 0 Å². The van der Waals surface area contributed by atoms with Gasteiger partial charge < -0.3 is 15.0 Å². The molecule has 4 heteroatoms. The highest BCUT2D eigenvalue weighted by Crippen LogP contribution is 2.36. The summed E-state index contributed by atoms with van der Waals surface area (Å²) in [5.74, 6) is 0. The summed E-state index contributed by atoms with van der Waals surface area (Å²) in [5.41, 5.74) is 7.29. The van der Waals surface area contributed by atoms with Crippen molar-refractivity contribution in [3.63, 3.8) is 0 Å². The van der Waals surface area contributed by atoms with Gasteiger partial charge in [0.2, 0.25) is 0 Å². The van der Waals surface area contributed by atoms with Crippen LogP contribution in [0.15, 0.2) is 24.3 Å². The second-order valence-electron chi connectivity index (χ2n) is 5.87. The van der Waals surface area contributed by atoms with Crippen molar-refractivity contribution in [3.05, 3.63) is 29.8 Å². The van der Waals surface area contributed by atoms with Gasteiger partial charge in [-0.15, -0.1) is 0 Å². The minimum atomic E-state index is -0.284. The molecule has 1 fully saturated rings. The van der Waals surface area contributed by atoms with Gasteiger partial charge >= 0.3 is 7.12 Å². The van der Waals surface area contributed by atoms with Gasteiger partial charge in [0.05, 0.1) is 11.2 Å². The Hall–Kier alpha value is -0.835. The normalized spacial score (nSPS) is 21.3. The molecule has 0 aromatic heterocycles. The summed E-state index contributed by atoms with van der Waals surface area (Å²) >= 11 is 0. The molecule has 0 atom stereocenters. The fourth-order valence-corrected chi connectivity index (χ4v) is 1.99. The summed E-state index contributed by atoms with van der Waals surface area (Å²) in [4.78, 5) is 0. The van der Waals surface area contributed by atoms with E-state index in [0.717, 1.165) is 11.9 Å². The molecular weight excluding hydrogens is 225 g/mol. The fraction of sp³-hybridized carbons (Fsp3) is 0.571. The molecule has 18 heavy (non-hydrogen) atoms. The third kappa shape index (κ3) is 2.46. The van der Waals surface area contributed by atoms with Gasteiger partial charge in [0.25, 0.3) is 0 Å². The van der Waals surface area contributed by atoms with Crippen LogP contribution in [0.1, 0.15) is 33.3 Å². The Labute approximate surface area is 110 Å². The average molecular weight is 247 g/mol. The van der Waals surface area contributed by atoms with E-state index in [2.05, 4.69) is 52.0 Å². The molecule has 0 amide bonds. The van der Waals surface area contributed by atoms with Crippen LogP contribution in [0.2, 0.25) is 0 Å². The number of benzene rings is 1. The quantitative estimate of drug-likeness (QED) is 0.823. The maximum absolute atomic E-state index is 6.00. The highest BCUT2D eigenvalue weighted by Gasteiger charge is 2.51. The number of rotatable bonds is 3. The van der Waals surface area contributed by atoms with Gasteiger partial charge in [-0.1, -0.05) is 24.3 Å². The lowest BCUT2D eigenvalue weighted by Gasteiger charge is -2.32. The molecule has 0 spiro atoms. The Morgan fingerprint density at radius 3 is 1.94 bits per heavy atom. The van der Waals surface area contributed by atoms with Gasteiger partial charge in [-0.25, -0.2) is 0 Å². The van der Waals surface area contributed by atoms with Crippen molar-refractivity contribution >= 4 is 12.6 Å². The molecule has 0 aliphatic carbocycles. The predicted molar refractivity (Wildman–Crippen MR) is 74.9 cm³/mol. The summed E-state index contributed by atoms with van der Waals surface area (Å²) in [5, 5.41) is 0. The van der Waals surface area contributed by atoms with Gasteiger partial charge in [0.15, 0.2) is 0 Å². The molecule has 0 saturated carbocycles. The standard InChI is InChI=1S/C14H22BNO2/c1-13(2)14(3,4)18-15(17-13)12-7-5-11(6-8-12)9-10-16/h5-8H,9-10,16H2,1-4H3. The molecule has 0 bridgehead atoms. The second-order valence-corrected chi connectivity index (χ2v) is 5.87. The van der Waals surface area contributed by atoms with Crippen LogP contribution in [-0.2, 0) is 15.7 Å². The van der Waals surface area contributed by atoms with E-state index >= 15 is 0 Å². The first-order valence-electron chi connectivity index (χ1n) is 6.50. The molecule has 1 heterocycles. The van der Waals surface area contributed by atoms with E-state index in [-0.39, 0.29) is 18.3 Å². The van der Waals surface area contributed by atoms with Crippen LogP contribution in [0.5, 0.6) is 0 Å². The lowest BCUT2D eigenvalue weighted by Crippen LogP contribution is -2.41. The summed E-state index contributed by atoms with van der Waals surface area (Å²) in [6, 6.07) is 8.31. The summed E-state index contributed by atoms with van der Waals surface area (Å²) in [6.07, 6.45) is 0.906. The van der Waals surface area contributed by atoms with Crippen LogP contribution in [0.3, 0.4) is 0 Å². The molecular formula is C14H22BNO2. The number of nitrogens with two attached hydrogens (primary N) is 1. The molecule has 3 nitrogen and oxygen atoms in total. The third-order valence-corrected chi connectivity index (χ3v) is 3.94. The molecule has 0 radical (unpaired) electrons. The summed E-state index contributed by atoms with van der Waals surface area (Å²) < 4.78 is 12.0. The predicted octanol–water partition coefficient (Wildman–Crippen LogP) is 1.49. The molecule has 1 aliphatic heterocycles. The van der Waals surface area contributed by atoms with Gasteiger partial charge in [0, 0.05) is 0 Å². The van der Waals surface area contributed by atoms with Crippen LogP contribution >= 0.6 is 0 Å². The fourth-order valence-electron chi connectivity index (χ4n) is 1.99. The van der Waals surface area contributed by atoms with E-state index in [1.807, 2.05) is 0 Å². The zero-order valence-electron chi connectivity index (χ0n) is 11.7.